The molecule has 0 bridgehead atoms. The fraction of sp³-hybridized carbons (Fsp3) is 0.300. The van der Waals surface area contributed by atoms with Gasteiger partial charge in [0.05, 0.1) is 5.69 Å². The molecule has 0 aliphatic carbocycles. The summed E-state index contributed by atoms with van der Waals surface area (Å²) in [6.07, 6.45) is 1.69. The highest BCUT2D eigenvalue weighted by Gasteiger charge is 2.10. The number of aryl methyl sites for hydroxylation is 2. The highest BCUT2D eigenvalue weighted by molar-refractivity contribution is 9.10. The zero-order valence-electron chi connectivity index (χ0n) is 8.99. The minimum atomic E-state index is -0.175. The predicted molar refractivity (Wildman–Crippen MR) is 64.2 cm³/mol. The largest absolute Gasteiger partial charge is 0.304 e. The van der Waals surface area contributed by atoms with E-state index in [1.807, 2.05) is 13.0 Å². The van der Waals surface area contributed by atoms with Crippen molar-refractivity contribution in [1.29, 1.82) is 0 Å². The Kier molecular flexibility index (Phi) is 2.91. The summed E-state index contributed by atoms with van der Waals surface area (Å²) < 4.78 is 2.25. The maximum Gasteiger partial charge on any atom is 0.265 e. The first-order valence-corrected chi connectivity index (χ1v) is 5.71. The second-order valence-corrected chi connectivity index (χ2v) is 4.14. The van der Waals surface area contributed by atoms with Gasteiger partial charge in [-0.25, -0.2) is 4.98 Å². The molecule has 0 radical (unpaired) electrons. The lowest BCUT2D eigenvalue weighted by atomic mass is 10.3. The average molecular weight is 283 g/mol. The Bertz CT molecular complexity index is 572. The third kappa shape index (κ3) is 1.80. The molecule has 84 valence electrons. The Hall–Kier alpha value is -1.43. The van der Waals surface area contributed by atoms with Crippen LogP contribution in [-0.4, -0.2) is 19.7 Å². The summed E-state index contributed by atoms with van der Waals surface area (Å²) in [6, 6.07) is 1.83. The molecule has 2 aromatic heterocycles. The Balaban J connectivity index is 2.61. The molecule has 0 spiro atoms. The van der Waals surface area contributed by atoms with Gasteiger partial charge in [0.25, 0.3) is 5.56 Å². The smallest absolute Gasteiger partial charge is 0.265 e. The van der Waals surface area contributed by atoms with Crippen LogP contribution in [0.2, 0.25) is 0 Å². The quantitative estimate of drug-likeness (QED) is 0.912. The third-order valence-electron chi connectivity index (χ3n) is 2.29. The van der Waals surface area contributed by atoms with Crippen LogP contribution in [0.15, 0.2) is 21.5 Å². The lowest BCUT2D eigenvalue weighted by Crippen LogP contribution is -2.13. The van der Waals surface area contributed by atoms with E-state index in [1.165, 1.54) is 0 Å². The molecule has 0 aliphatic heterocycles. The van der Waals surface area contributed by atoms with Gasteiger partial charge in [0.2, 0.25) is 0 Å². The van der Waals surface area contributed by atoms with Gasteiger partial charge in [0.15, 0.2) is 5.82 Å². The SMILES string of the molecule is CCn1nccc1-c1nc(C)c(Br)c(=O)[nH]1. The van der Waals surface area contributed by atoms with Crippen LogP contribution in [-0.2, 0) is 6.54 Å². The van der Waals surface area contributed by atoms with Crippen molar-refractivity contribution in [2.24, 2.45) is 0 Å². The maximum atomic E-state index is 11.6. The molecule has 0 aliphatic rings. The number of H-pyrrole nitrogens is 1. The molecule has 0 saturated carbocycles. The Morgan fingerprint density at radius 2 is 2.31 bits per heavy atom. The van der Waals surface area contributed by atoms with Crippen molar-refractivity contribution in [2.45, 2.75) is 20.4 Å². The van der Waals surface area contributed by atoms with Crippen molar-refractivity contribution in [1.82, 2.24) is 19.7 Å². The minimum absolute atomic E-state index is 0.175. The summed E-state index contributed by atoms with van der Waals surface area (Å²) >= 11 is 3.18. The van der Waals surface area contributed by atoms with Crippen molar-refractivity contribution in [3.63, 3.8) is 0 Å². The standard InChI is InChI=1S/C10H11BrN4O/c1-3-15-7(4-5-12-15)9-13-6(2)8(11)10(16)14-9/h4-5H,3H2,1-2H3,(H,13,14,16). The van der Waals surface area contributed by atoms with Crippen molar-refractivity contribution in [2.75, 3.05) is 0 Å². The molecule has 2 aromatic rings. The summed E-state index contributed by atoms with van der Waals surface area (Å²) in [5.74, 6) is 0.546. The lowest BCUT2D eigenvalue weighted by molar-refractivity contribution is 0.663. The number of aromatic amines is 1. The first kappa shape index (κ1) is 11.1. The molecular weight excluding hydrogens is 272 g/mol. The van der Waals surface area contributed by atoms with Crippen molar-refractivity contribution >= 4 is 15.9 Å². The van der Waals surface area contributed by atoms with Gasteiger partial charge in [0, 0.05) is 12.7 Å². The Labute approximate surface area is 101 Å². The summed E-state index contributed by atoms with van der Waals surface area (Å²) in [7, 11) is 0. The van der Waals surface area contributed by atoms with Gasteiger partial charge in [-0.1, -0.05) is 0 Å². The molecule has 5 nitrogen and oxygen atoms in total. The molecule has 16 heavy (non-hydrogen) atoms. The van der Waals surface area contributed by atoms with Crippen LogP contribution < -0.4 is 5.56 Å². The fourth-order valence-corrected chi connectivity index (χ4v) is 1.67. The number of hydrogen-bond donors (Lipinski definition) is 1. The number of hydrogen-bond acceptors (Lipinski definition) is 3. The topological polar surface area (TPSA) is 63.6 Å². The Morgan fingerprint density at radius 3 is 2.94 bits per heavy atom. The molecular formula is C10H11BrN4O. The van der Waals surface area contributed by atoms with Gasteiger partial charge in [-0.2, -0.15) is 5.10 Å². The number of halogens is 1. The number of nitrogens with one attached hydrogen (secondary N) is 1. The molecule has 6 heteroatoms. The van der Waals surface area contributed by atoms with E-state index in [0.717, 1.165) is 12.2 Å². The van der Waals surface area contributed by atoms with E-state index >= 15 is 0 Å². The second-order valence-electron chi connectivity index (χ2n) is 3.35. The van der Waals surface area contributed by atoms with Crippen LogP contribution in [0.1, 0.15) is 12.6 Å². The Morgan fingerprint density at radius 1 is 1.56 bits per heavy atom. The maximum absolute atomic E-state index is 11.6. The fourth-order valence-electron chi connectivity index (χ4n) is 1.48. The van der Waals surface area contributed by atoms with E-state index < -0.39 is 0 Å². The summed E-state index contributed by atoms with van der Waals surface area (Å²) in [5.41, 5.74) is 1.31. The van der Waals surface area contributed by atoms with Crippen LogP contribution in [0, 0.1) is 6.92 Å². The average Bonchev–Trinajstić information content (AvgIpc) is 2.73. The highest BCUT2D eigenvalue weighted by atomic mass is 79.9. The molecule has 2 rings (SSSR count). The van der Waals surface area contributed by atoms with E-state index in [0.29, 0.717) is 16.0 Å². The van der Waals surface area contributed by atoms with Gasteiger partial charge >= 0.3 is 0 Å². The van der Waals surface area contributed by atoms with Crippen molar-refractivity contribution in [3.05, 3.63) is 32.8 Å². The molecule has 0 unspecified atom stereocenters. The van der Waals surface area contributed by atoms with Gasteiger partial charge in [-0.05, 0) is 35.8 Å². The molecule has 0 saturated heterocycles. The number of rotatable bonds is 2. The van der Waals surface area contributed by atoms with Crippen LogP contribution in [0.5, 0.6) is 0 Å². The highest BCUT2D eigenvalue weighted by Crippen LogP contribution is 2.15. The molecule has 2 heterocycles. The zero-order valence-corrected chi connectivity index (χ0v) is 10.6. The molecule has 0 atom stereocenters. The molecule has 0 aromatic carbocycles. The summed E-state index contributed by atoms with van der Waals surface area (Å²) in [5, 5.41) is 4.14. The molecule has 0 amide bonds. The number of aromatic nitrogens is 4. The van der Waals surface area contributed by atoms with Crippen LogP contribution in [0.3, 0.4) is 0 Å². The monoisotopic (exact) mass is 282 g/mol. The van der Waals surface area contributed by atoms with Gasteiger partial charge in [0.1, 0.15) is 10.2 Å². The van der Waals surface area contributed by atoms with E-state index in [9.17, 15) is 4.79 Å². The number of nitrogens with zero attached hydrogens (tertiary/aromatic N) is 3. The summed E-state index contributed by atoms with van der Waals surface area (Å²) in [6.45, 7) is 4.51. The normalized spacial score (nSPS) is 10.7. The van der Waals surface area contributed by atoms with Gasteiger partial charge < -0.3 is 4.98 Å². The first-order chi connectivity index (χ1) is 7.63. The van der Waals surface area contributed by atoms with Gasteiger partial charge in [-0.3, -0.25) is 9.48 Å². The molecule has 1 N–H and O–H groups in total. The third-order valence-corrected chi connectivity index (χ3v) is 3.22. The predicted octanol–water partition coefficient (Wildman–Crippen LogP) is 1.72. The van der Waals surface area contributed by atoms with E-state index in [2.05, 4.69) is 31.0 Å². The lowest BCUT2D eigenvalue weighted by Gasteiger charge is -2.05. The van der Waals surface area contributed by atoms with E-state index in [4.69, 9.17) is 0 Å². The minimum Gasteiger partial charge on any atom is -0.304 e. The van der Waals surface area contributed by atoms with E-state index in [1.54, 1.807) is 17.8 Å². The molecule has 0 fully saturated rings. The zero-order chi connectivity index (χ0) is 11.7. The van der Waals surface area contributed by atoms with Crippen LogP contribution in [0.25, 0.3) is 11.5 Å². The van der Waals surface area contributed by atoms with Crippen molar-refractivity contribution in [3.8, 4) is 11.5 Å². The first-order valence-electron chi connectivity index (χ1n) is 4.92. The van der Waals surface area contributed by atoms with Gasteiger partial charge in [-0.15, -0.1) is 0 Å². The van der Waals surface area contributed by atoms with E-state index in [-0.39, 0.29) is 5.56 Å². The van der Waals surface area contributed by atoms with Crippen LogP contribution >= 0.6 is 15.9 Å². The van der Waals surface area contributed by atoms with Crippen LogP contribution in [0.4, 0.5) is 0 Å². The summed E-state index contributed by atoms with van der Waals surface area (Å²) in [4.78, 5) is 18.6. The van der Waals surface area contributed by atoms with Crippen molar-refractivity contribution < 1.29 is 0 Å². The second kappa shape index (κ2) is 4.21.